The van der Waals surface area contributed by atoms with Gasteiger partial charge in [0, 0.05) is 30.7 Å². The molecule has 0 aliphatic carbocycles. The number of carbonyl (C=O) groups is 1. The van der Waals surface area contributed by atoms with Gasteiger partial charge in [0.15, 0.2) is 17.1 Å². The second-order valence-corrected chi connectivity index (χ2v) is 9.78. The summed E-state index contributed by atoms with van der Waals surface area (Å²) in [5.41, 5.74) is 2.93. The molecule has 0 saturated carbocycles. The van der Waals surface area contributed by atoms with E-state index in [0.29, 0.717) is 30.2 Å². The Balaban J connectivity index is 1.44. The number of hydrogen-bond acceptors (Lipinski definition) is 6. The fourth-order valence-corrected chi connectivity index (χ4v) is 4.88. The number of likely N-dealkylation sites (tertiary alicyclic amines) is 1. The summed E-state index contributed by atoms with van der Waals surface area (Å²) in [5.74, 6) is 1.37. The number of rotatable bonds is 7. The van der Waals surface area contributed by atoms with Gasteiger partial charge in [-0.1, -0.05) is 13.3 Å². The third-order valence-electron chi connectivity index (χ3n) is 6.89. The number of amides is 1. The summed E-state index contributed by atoms with van der Waals surface area (Å²) in [6.45, 7) is 10.6. The number of ether oxygens (including phenoxy) is 2. The zero-order valence-corrected chi connectivity index (χ0v) is 20.9. The number of pyridine rings is 1. The molecule has 0 bridgehead atoms. The average Bonchev–Trinajstić information content (AvgIpc) is 3.32. The van der Waals surface area contributed by atoms with Gasteiger partial charge in [0.2, 0.25) is 0 Å². The Bertz CT molecular complexity index is 1200. The fourth-order valence-electron chi connectivity index (χ4n) is 4.88. The third-order valence-corrected chi connectivity index (χ3v) is 6.89. The van der Waals surface area contributed by atoms with Crippen molar-refractivity contribution in [2.24, 2.45) is 0 Å². The van der Waals surface area contributed by atoms with E-state index in [2.05, 4.69) is 36.1 Å². The molecule has 1 aromatic carbocycles. The van der Waals surface area contributed by atoms with E-state index in [1.54, 1.807) is 6.20 Å². The first-order valence-corrected chi connectivity index (χ1v) is 12.8. The van der Waals surface area contributed by atoms with E-state index >= 15 is 0 Å². The van der Waals surface area contributed by atoms with Crippen LogP contribution < -0.4 is 14.8 Å². The minimum Gasteiger partial charge on any atom is -0.486 e. The molecular weight excluding hydrogens is 442 g/mol. The lowest BCUT2D eigenvalue weighted by Gasteiger charge is -2.32. The number of piperidine rings is 1. The molecule has 1 fully saturated rings. The Labute approximate surface area is 206 Å². The van der Waals surface area contributed by atoms with Crippen LogP contribution in [0.25, 0.3) is 22.3 Å². The van der Waals surface area contributed by atoms with Crippen molar-refractivity contribution in [2.75, 3.05) is 32.8 Å². The van der Waals surface area contributed by atoms with E-state index in [9.17, 15) is 4.79 Å². The molecule has 0 radical (unpaired) electrons. The fraction of sp³-hybridized carbons (Fsp3) is 0.519. The SMILES string of the molecule is CCCCN1CCC(NC(=O)c2cc(-c3ccc4c(c3)OCCO4)nc3c2cnn3C(C)C)CC1. The van der Waals surface area contributed by atoms with Crippen LogP contribution >= 0.6 is 0 Å². The van der Waals surface area contributed by atoms with Crippen molar-refractivity contribution < 1.29 is 14.3 Å². The first-order valence-electron chi connectivity index (χ1n) is 12.8. The van der Waals surface area contributed by atoms with Gasteiger partial charge in [0.25, 0.3) is 5.91 Å². The van der Waals surface area contributed by atoms with Gasteiger partial charge in [0.1, 0.15) is 13.2 Å². The minimum absolute atomic E-state index is 0.0634. The summed E-state index contributed by atoms with van der Waals surface area (Å²) in [6, 6.07) is 7.99. The Morgan fingerprint density at radius 3 is 2.66 bits per heavy atom. The highest BCUT2D eigenvalue weighted by atomic mass is 16.6. The van der Waals surface area contributed by atoms with Crippen molar-refractivity contribution in [1.82, 2.24) is 25.0 Å². The van der Waals surface area contributed by atoms with Gasteiger partial charge in [0.05, 0.1) is 22.8 Å². The predicted molar refractivity (Wildman–Crippen MR) is 136 cm³/mol. The lowest BCUT2D eigenvalue weighted by atomic mass is 10.0. The maximum absolute atomic E-state index is 13.5. The van der Waals surface area contributed by atoms with Crippen molar-refractivity contribution in [3.8, 4) is 22.8 Å². The molecule has 2 aliphatic heterocycles. The molecular formula is C27H35N5O3. The van der Waals surface area contributed by atoms with Crippen molar-refractivity contribution in [2.45, 2.75) is 58.5 Å². The molecule has 35 heavy (non-hydrogen) atoms. The maximum atomic E-state index is 13.5. The highest BCUT2D eigenvalue weighted by Crippen LogP contribution is 2.35. The highest BCUT2D eigenvalue weighted by molar-refractivity contribution is 6.06. The minimum atomic E-state index is -0.0634. The van der Waals surface area contributed by atoms with Gasteiger partial charge >= 0.3 is 0 Å². The lowest BCUT2D eigenvalue weighted by molar-refractivity contribution is 0.0912. The number of fused-ring (bicyclic) bond motifs is 2. The van der Waals surface area contributed by atoms with Gasteiger partial charge in [-0.2, -0.15) is 5.10 Å². The van der Waals surface area contributed by atoms with E-state index in [0.717, 1.165) is 54.9 Å². The summed E-state index contributed by atoms with van der Waals surface area (Å²) in [7, 11) is 0. The Morgan fingerprint density at radius 1 is 1.14 bits per heavy atom. The van der Waals surface area contributed by atoms with Gasteiger partial charge in [-0.25, -0.2) is 9.67 Å². The summed E-state index contributed by atoms with van der Waals surface area (Å²) < 4.78 is 13.3. The van der Waals surface area contributed by atoms with E-state index in [1.807, 2.05) is 28.9 Å². The summed E-state index contributed by atoms with van der Waals surface area (Å²) in [6.07, 6.45) is 6.16. The molecule has 2 aliphatic rings. The number of carbonyl (C=O) groups excluding carboxylic acids is 1. The monoisotopic (exact) mass is 477 g/mol. The standard InChI is InChI=1S/C27H35N5O3/c1-4-5-10-31-11-8-20(9-12-31)29-27(33)21-16-23(30-26-22(21)17-28-32(26)18(2)3)19-6-7-24-25(15-19)35-14-13-34-24/h6-7,15-18,20H,4-5,8-14H2,1-3H3,(H,29,33). The lowest BCUT2D eigenvalue weighted by Crippen LogP contribution is -2.44. The van der Waals surface area contributed by atoms with Gasteiger partial charge in [-0.05, 0) is 63.9 Å². The van der Waals surface area contributed by atoms with Crippen LogP contribution in [0.2, 0.25) is 0 Å². The molecule has 186 valence electrons. The van der Waals surface area contributed by atoms with E-state index < -0.39 is 0 Å². The van der Waals surface area contributed by atoms with Crippen LogP contribution in [0.1, 0.15) is 62.9 Å². The second kappa shape index (κ2) is 10.2. The highest BCUT2D eigenvalue weighted by Gasteiger charge is 2.24. The van der Waals surface area contributed by atoms with Crippen LogP contribution in [-0.2, 0) is 0 Å². The molecule has 5 rings (SSSR count). The maximum Gasteiger partial charge on any atom is 0.252 e. The van der Waals surface area contributed by atoms with Crippen LogP contribution in [0.5, 0.6) is 11.5 Å². The first-order chi connectivity index (χ1) is 17.0. The van der Waals surface area contributed by atoms with Crippen molar-refractivity contribution >= 4 is 16.9 Å². The van der Waals surface area contributed by atoms with Crippen LogP contribution in [0.3, 0.4) is 0 Å². The predicted octanol–water partition coefficient (Wildman–Crippen LogP) is 4.44. The van der Waals surface area contributed by atoms with Gasteiger partial charge in [-0.15, -0.1) is 0 Å². The molecule has 0 spiro atoms. The molecule has 1 saturated heterocycles. The summed E-state index contributed by atoms with van der Waals surface area (Å²) in [4.78, 5) is 21.0. The number of hydrogen-bond donors (Lipinski definition) is 1. The largest absolute Gasteiger partial charge is 0.486 e. The molecule has 0 unspecified atom stereocenters. The Kier molecular flexibility index (Phi) is 6.90. The third kappa shape index (κ3) is 4.98. The Hall–Kier alpha value is -3.13. The van der Waals surface area contributed by atoms with Crippen LogP contribution in [-0.4, -0.2) is 64.5 Å². The molecule has 4 heterocycles. The number of benzene rings is 1. The Morgan fingerprint density at radius 2 is 1.91 bits per heavy atom. The van der Waals surface area contributed by atoms with E-state index in [4.69, 9.17) is 14.5 Å². The quantitative estimate of drug-likeness (QED) is 0.542. The van der Waals surface area contributed by atoms with Crippen molar-refractivity contribution in [1.29, 1.82) is 0 Å². The van der Waals surface area contributed by atoms with Gasteiger partial charge < -0.3 is 19.7 Å². The number of nitrogens with zero attached hydrogens (tertiary/aromatic N) is 4. The normalized spacial score (nSPS) is 16.7. The van der Waals surface area contributed by atoms with Crippen LogP contribution in [0.15, 0.2) is 30.5 Å². The smallest absolute Gasteiger partial charge is 0.252 e. The van der Waals surface area contributed by atoms with Crippen LogP contribution in [0, 0.1) is 0 Å². The number of unbranched alkanes of at least 4 members (excludes halogenated alkanes) is 1. The van der Waals surface area contributed by atoms with E-state index in [-0.39, 0.29) is 18.0 Å². The van der Waals surface area contributed by atoms with Crippen LogP contribution in [0.4, 0.5) is 0 Å². The first kappa shape index (κ1) is 23.6. The molecule has 1 amide bonds. The molecule has 2 aromatic heterocycles. The summed E-state index contributed by atoms with van der Waals surface area (Å²) in [5, 5.41) is 8.62. The molecule has 8 heteroatoms. The molecule has 0 atom stereocenters. The zero-order chi connectivity index (χ0) is 24.4. The molecule has 8 nitrogen and oxygen atoms in total. The van der Waals surface area contributed by atoms with Gasteiger partial charge in [-0.3, -0.25) is 4.79 Å². The van der Waals surface area contributed by atoms with Crippen molar-refractivity contribution in [3.05, 3.63) is 36.0 Å². The topological polar surface area (TPSA) is 81.5 Å². The number of nitrogens with one attached hydrogen (secondary N) is 1. The zero-order valence-electron chi connectivity index (χ0n) is 20.9. The number of aromatic nitrogens is 3. The molecule has 1 N–H and O–H groups in total. The van der Waals surface area contributed by atoms with E-state index in [1.165, 1.54) is 12.8 Å². The molecule has 3 aromatic rings. The second-order valence-electron chi connectivity index (χ2n) is 9.78. The average molecular weight is 478 g/mol. The van der Waals surface area contributed by atoms with Crippen molar-refractivity contribution in [3.63, 3.8) is 0 Å². The summed E-state index contributed by atoms with van der Waals surface area (Å²) >= 11 is 0.